The zero-order valence-electron chi connectivity index (χ0n) is 15.5. The number of nitrogens with two attached hydrogens (primary N) is 1. The summed E-state index contributed by atoms with van der Waals surface area (Å²) in [6, 6.07) is 2.58. The number of aromatic nitrogens is 1. The number of unbranched alkanes of at least 4 members (excludes halogenated alkanes) is 1. The van der Waals surface area contributed by atoms with Crippen molar-refractivity contribution < 1.29 is 12.8 Å². The molecule has 0 radical (unpaired) electrons. The van der Waals surface area contributed by atoms with Crippen LogP contribution in [0.2, 0.25) is 5.02 Å². The van der Waals surface area contributed by atoms with E-state index in [0.717, 1.165) is 49.3 Å². The second-order valence-corrected chi connectivity index (χ2v) is 9.22. The van der Waals surface area contributed by atoms with E-state index < -0.39 is 20.7 Å². The molecule has 0 fully saturated rings. The molecule has 0 bridgehead atoms. The molecule has 1 atom stereocenters. The van der Waals surface area contributed by atoms with Gasteiger partial charge in [-0.05, 0) is 51.4 Å². The van der Waals surface area contributed by atoms with Crippen LogP contribution in [-0.2, 0) is 10.0 Å². The summed E-state index contributed by atoms with van der Waals surface area (Å²) in [5, 5.41) is 8.33. The highest BCUT2D eigenvalue weighted by atomic mass is 35.5. The molecule has 156 valence electrons. The van der Waals surface area contributed by atoms with E-state index in [9.17, 15) is 12.8 Å². The number of nitrogens with zero attached hydrogens (tertiary/aromatic N) is 1. The van der Waals surface area contributed by atoms with Gasteiger partial charge >= 0.3 is 0 Å². The zero-order valence-corrected chi connectivity index (χ0v) is 17.9. The lowest BCUT2D eigenvalue weighted by Gasteiger charge is -2.13. The van der Waals surface area contributed by atoms with Crippen LogP contribution in [0.5, 0.6) is 0 Å². The first-order valence-corrected chi connectivity index (χ1v) is 11.7. The molecular weight excluding hydrogens is 425 g/mol. The van der Waals surface area contributed by atoms with Crippen molar-refractivity contribution in [2.75, 3.05) is 29.7 Å². The van der Waals surface area contributed by atoms with Gasteiger partial charge in [-0.15, -0.1) is 11.3 Å². The van der Waals surface area contributed by atoms with E-state index in [1.54, 1.807) is 5.38 Å². The number of benzene rings is 1. The second-order valence-electron chi connectivity index (χ2n) is 6.27. The summed E-state index contributed by atoms with van der Waals surface area (Å²) >= 11 is 7.25. The predicted octanol–water partition coefficient (Wildman–Crippen LogP) is 3.26. The third-order valence-corrected chi connectivity index (χ3v) is 6.46. The molecule has 2 aromatic rings. The monoisotopic (exact) mass is 449 g/mol. The Labute approximate surface area is 173 Å². The molecule has 0 amide bonds. The number of nitrogens with one attached hydrogen (secondary N) is 3. The Morgan fingerprint density at radius 2 is 2.07 bits per heavy atom. The van der Waals surface area contributed by atoms with Gasteiger partial charge in [-0.25, -0.2) is 17.8 Å². The van der Waals surface area contributed by atoms with Crippen LogP contribution in [-0.4, -0.2) is 39.1 Å². The molecular formula is C17H25ClFN5O2S2. The van der Waals surface area contributed by atoms with E-state index in [2.05, 4.69) is 27.3 Å². The van der Waals surface area contributed by atoms with Crippen LogP contribution >= 0.6 is 22.9 Å². The van der Waals surface area contributed by atoms with Crippen LogP contribution in [0.1, 0.15) is 26.2 Å². The molecule has 0 saturated heterocycles. The zero-order chi connectivity index (χ0) is 20.6. The van der Waals surface area contributed by atoms with Crippen molar-refractivity contribution >= 4 is 43.8 Å². The third kappa shape index (κ3) is 6.85. The lowest BCUT2D eigenvalue weighted by atomic mass is 10.2. The van der Waals surface area contributed by atoms with E-state index in [1.807, 2.05) is 0 Å². The van der Waals surface area contributed by atoms with Crippen molar-refractivity contribution in [3.63, 3.8) is 0 Å². The minimum absolute atomic E-state index is 0.135. The SMILES string of the molecule is C[C@H](CCN)NCCCCNc1cc(F)c(S(=O)(=O)Nc2nccs2)cc1Cl. The summed E-state index contributed by atoms with van der Waals surface area (Å²) < 4.78 is 41.3. The molecule has 7 nitrogen and oxygen atoms in total. The number of thiazole rings is 1. The Bertz CT molecular complexity index is 849. The van der Waals surface area contributed by atoms with E-state index >= 15 is 0 Å². The van der Waals surface area contributed by atoms with Crippen LogP contribution in [0.15, 0.2) is 28.6 Å². The van der Waals surface area contributed by atoms with Crippen molar-refractivity contribution in [2.45, 2.75) is 37.1 Å². The van der Waals surface area contributed by atoms with E-state index in [1.165, 1.54) is 6.20 Å². The molecule has 28 heavy (non-hydrogen) atoms. The highest BCUT2D eigenvalue weighted by Crippen LogP contribution is 2.29. The van der Waals surface area contributed by atoms with Crippen LogP contribution in [0, 0.1) is 5.82 Å². The summed E-state index contributed by atoms with van der Waals surface area (Å²) in [6.45, 7) is 4.21. The smallest absolute Gasteiger partial charge is 0.266 e. The molecule has 1 aromatic carbocycles. The van der Waals surface area contributed by atoms with Crippen LogP contribution in [0.3, 0.4) is 0 Å². The fourth-order valence-electron chi connectivity index (χ4n) is 2.49. The maximum Gasteiger partial charge on any atom is 0.266 e. The Kier molecular flexibility index (Phi) is 8.90. The molecule has 0 aliphatic carbocycles. The summed E-state index contributed by atoms with van der Waals surface area (Å²) in [7, 11) is -4.11. The average Bonchev–Trinajstić information content (AvgIpc) is 3.12. The van der Waals surface area contributed by atoms with Gasteiger partial charge in [0, 0.05) is 24.2 Å². The normalized spacial score (nSPS) is 12.7. The lowest BCUT2D eigenvalue weighted by molar-refractivity contribution is 0.507. The summed E-state index contributed by atoms with van der Waals surface area (Å²) in [5.74, 6) is -0.881. The number of hydrogen-bond acceptors (Lipinski definition) is 7. The first-order valence-electron chi connectivity index (χ1n) is 8.92. The van der Waals surface area contributed by atoms with Crippen molar-refractivity contribution in [3.05, 3.63) is 34.5 Å². The van der Waals surface area contributed by atoms with Crippen LogP contribution in [0.4, 0.5) is 15.2 Å². The summed E-state index contributed by atoms with van der Waals surface area (Å²) in [5.41, 5.74) is 5.86. The minimum atomic E-state index is -4.11. The quantitative estimate of drug-likeness (QED) is 0.370. The fraction of sp³-hybridized carbons (Fsp3) is 0.471. The van der Waals surface area contributed by atoms with E-state index in [4.69, 9.17) is 17.3 Å². The van der Waals surface area contributed by atoms with Gasteiger partial charge in [-0.2, -0.15) is 0 Å². The molecule has 1 aromatic heterocycles. The van der Waals surface area contributed by atoms with Gasteiger partial charge in [0.2, 0.25) is 0 Å². The second kappa shape index (κ2) is 10.9. The van der Waals surface area contributed by atoms with Gasteiger partial charge in [0.1, 0.15) is 10.7 Å². The van der Waals surface area contributed by atoms with Gasteiger partial charge < -0.3 is 16.4 Å². The molecule has 0 aliphatic heterocycles. The first kappa shape index (κ1) is 22.8. The topological polar surface area (TPSA) is 109 Å². The number of halogens is 2. The molecule has 11 heteroatoms. The highest BCUT2D eigenvalue weighted by molar-refractivity contribution is 7.93. The molecule has 1 heterocycles. The molecule has 2 rings (SSSR count). The van der Waals surface area contributed by atoms with E-state index in [-0.39, 0.29) is 10.2 Å². The molecule has 5 N–H and O–H groups in total. The molecule has 0 aliphatic rings. The minimum Gasteiger partial charge on any atom is -0.384 e. The van der Waals surface area contributed by atoms with Gasteiger partial charge in [-0.1, -0.05) is 11.6 Å². The maximum atomic E-state index is 14.4. The van der Waals surface area contributed by atoms with Crippen molar-refractivity contribution in [2.24, 2.45) is 5.73 Å². The number of hydrogen-bond donors (Lipinski definition) is 4. The Balaban J connectivity index is 1.89. The standard InChI is InChI=1S/C17H25ClFN5O2S2/c1-12(4-5-20)21-6-2-3-7-22-15-11-14(19)16(10-13(15)18)28(25,26)24-17-23-8-9-27-17/h8-12,21-22H,2-7,20H2,1H3,(H,23,24)/t12-/m1/s1. The van der Waals surface area contributed by atoms with Crippen molar-refractivity contribution in [3.8, 4) is 0 Å². The summed E-state index contributed by atoms with van der Waals surface area (Å²) in [4.78, 5) is 3.31. The molecule has 0 saturated carbocycles. The first-order chi connectivity index (χ1) is 13.3. The number of rotatable bonds is 12. The number of anilines is 2. The van der Waals surface area contributed by atoms with E-state index in [0.29, 0.717) is 24.8 Å². The van der Waals surface area contributed by atoms with Crippen molar-refractivity contribution in [1.82, 2.24) is 10.3 Å². The molecule has 0 spiro atoms. The van der Waals surface area contributed by atoms with Gasteiger partial charge in [-0.3, -0.25) is 4.72 Å². The van der Waals surface area contributed by atoms with Crippen molar-refractivity contribution in [1.29, 1.82) is 0 Å². The Hall–Kier alpha value is -1.46. The lowest BCUT2D eigenvalue weighted by Crippen LogP contribution is -2.29. The molecule has 0 unspecified atom stereocenters. The van der Waals surface area contributed by atoms with Crippen LogP contribution < -0.4 is 21.1 Å². The fourth-order valence-corrected chi connectivity index (χ4v) is 4.66. The third-order valence-electron chi connectivity index (χ3n) is 3.98. The predicted molar refractivity (Wildman–Crippen MR) is 113 cm³/mol. The van der Waals surface area contributed by atoms with Crippen LogP contribution in [0.25, 0.3) is 0 Å². The Morgan fingerprint density at radius 1 is 1.32 bits per heavy atom. The largest absolute Gasteiger partial charge is 0.384 e. The maximum absolute atomic E-state index is 14.4. The number of sulfonamides is 1. The van der Waals surface area contributed by atoms with Gasteiger partial charge in [0.25, 0.3) is 10.0 Å². The van der Waals surface area contributed by atoms with Gasteiger partial charge in [0.05, 0.1) is 10.7 Å². The summed E-state index contributed by atoms with van der Waals surface area (Å²) in [6.07, 6.45) is 4.17. The van der Waals surface area contributed by atoms with Gasteiger partial charge in [0.15, 0.2) is 5.13 Å². The average molecular weight is 450 g/mol. The highest BCUT2D eigenvalue weighted by Gasteiger charge is 2.22. The Morgan fingerprint density at radius 3 is 2.75 bits per heavy atom.